The lowest BCUT2D eigenvalue weighted by Gasteiger charge is -2.09. The zero-order valence-electron chi connectivity index (χ0n) is 15.5. The first-order valence-corrected chi connectivity index (χ1v) is 9.86. The number of nitrogens with one attached hydrogen (secondary N) is 1. The van der Waals surface area contributed by atoms with E-state index in [1.807, 2.05) is 43.3 Å². The van der Waals surface area contributed by atoms with Crippen LogP contribution in [0.3, 0.4) is 0 Å². The highest BCUT2D eigenvalue weighted by molar-refractivity contribution is 8.00. The van der Waals surface area contributed by atoms with Crippen LogP contribution in [0.25, 0.3) is 0 Å². The van der Waals surface area contributed by atoms with Crippen molar-refractivity contribution in [1.82, 2.24) is 5.32 Å². The molecule has 0 spiro atoms. The van der Waals surface area contributed by atoms with E-state index in [2.05, 4.69) is 24.4 Å². The van der Waals surface area contributed by atoms with Gasteiger partial charge in [0.25, 0.3) is 0 Å². The monoisotopic (exact) mass is 373 g/mol. The molecule has 0 unspecified atom stereocenters. The van der Waals surface area contributed by atoms with Gasteiger partial charge < -0.3 is 14.8 Å². The van der Waals surface area contributed by atoms with Crippen molar-refractivity contribution in [1.29, 1.82) is 0 Å². The van der Waals surface area contributed by atoms with Gasteiger partial charge in [0.15, 0.2) is 0 Å². The highest BCUT2D eigenvalue weighted by Gasteiger charge is 2.05. The molecular formula is C21H27NO3S. The Morgan fingerprint density at radius 1 is 1.04 bits per heavy atom. The quantitative estimate of drug-likeness (QED) is 0.478. The summed E-state index contributed by atoms with van der Waals surface area (Å²) in [5.41, 5.74) is 3.37. The Morgan fingerprint density at radius 3 is 2.62 bits per heavy atom. The van der Waals surface area contributed by atoms with Crippen molar-refractivity contribution in [2.24, 2.45) is 0 Å². The Labute approximate surface area is 160 Å². The van der Waals surface area contributed by atoms with Crippen molar-refractivity contribution < 1.29 is 14.3 Å². The molecule has 0 aliphatic heterocycles. The molecule has 5 heteroatoms. The molecular weight excluding hydrogens is 346 g/mol. The van der Waals surface area contributed by atoms with Gasteiger partial charge in [-0.05, 0) is 36.6 Å². The van der Waals surface area contributed by atoms with Crippen LogP contribution in [0, 0.1) is 6.92 Å². The van der Waals surface area contributed by atoms with Crippen LogP contribution in [0.15, 0.2) is 53.4 Å². The van der Waals surface area contributed by atoms with Crippen LogP contribution in [0.4, 0.5) is 0 Å². The molecule has 2 aromatic carbocycles. The summed E-state index contributed by atoms with van der Waals surface area (Å²) in [7, 11) is 0. The van der Waals surface area contributed by atoms with Crippen molar-refractivity contribution >= 4 is 17.7 Å². The first kappa shape index (κ1) is 20.5. The normalized spacial score (nSPS) is 10.7. The molecule has 0 fully saturated rings. The summed E-state index contributed by atoms with van der Waals surface area (Å²) in [6.45, 7) is 7.02. The van der Waals surface area contributed by atoms with Crippen LogP contribution in [0.2, 0.25) is 0 Å². The third kappa shape index (κ3) is 7.60. The van der Waals surface area contributed by atoms with Crippen LogP contribution in [0.1, 0.15) is 23.6 Å². The average molecular weight is 374 g/mol. The minimum atomic E-state index is 0.0385. The third-order valence-corrected chi connectivity index (χ3v) is 4.95. The SMILES string of the molecule is CCOCCOCc1cccc(CNC(=O)CSc2ccccc2C)c1. The molecule has 26 heavy (non-hydrogen) atoms. The number of hydrogen-bond donors (Lipinski definition) is 1. The fourth-order valence-corrected chi connectivity index (χ4v) is 3.25. The van der Waals surface area contributed by atoms with Gasteiger partial charge in [-0.2, -0.15) is 0 Å². The number of carbonyl (C=O) groups excluding carboxylic acids is 1. The third-order valence-electron chi connectivity index (χ3n) is 3.78. The van der Waals surface area contributed by atoms with E-state index in [9.17, 15) is 4.79 Å². The summed E-state index contributed by atoms with van der Waals surface area (Å²) in [6, 6.07) is 16.2. The van der Waals surface area contributed by atoms with Gasteiger partial charge in [0, 0.05) is 18.0 Å². The van der Waals surface area contributed by atoms with Gasteiger partial charge in [0.2, 0.25) is 5.91 Å². The number of amides is 1. The van der Waals surface area contributed by atoms with Crippen molar-refractivity contribution in [3.63, 3.8) is 0 Å². The Bertz CT molecular complexity index is 690. The Balaban J connectivity index is 1.72. The van der Waals surface area contributed by atoms with E-state index in [0.717, 1.165) is 16.0 Å². The number of rotatable bonds is 11. The molecule has 2 rings (SSSR count). The maximum absolute atomic E-state index is 12.1. The van der Waals surface area contributed by atoms with Crippen molar-refractivity contribution in [3.8, 4) is 0 Å². The lowest BCUT2D eigenvalue weighted by atomic mass is 10.1. The number of benzene rings is 2. The maximum Gasteiger partial charge on any atom is 0.230 e. The molecule has 0 aliphatic rings. The molecule has 2 aromatic rings. The zero-order chi connectivity index (χ0) is 18.6. The van der Waals surface area contributed by atoms with Gasteiger partial charge >= 0.3 is 0 Å². The second kappa shape index (κ2) is 11.7. The Morgan fingerprint density at radius 2 is 1.81 bits per heavy atom. The van der Waals surface area contributed by atoms with Crippen LogP contribution < -0.4 is 5.32 Å². The lowest BCUT2D eigenvalue weighted by molar-refractivity contribution is -0.118. The highest BCUT2D eigenvalue weighted by atomic mass is 32.2. The van der Waals surface area contributed by atoms with Gasteiger partial charge in [0.1, 0.15) is 0 Å². The van der Waals surface area contributed by atoms with E-state index in [0.29, 0.717) is 38.7 Å². The molecule has 0 aliphatic carbocycles. The minimum Gasteiger partial charge on any atom is -0.379 e. The topological polar surface area (TPSA) is 47.6 Å². The van der Waals surface area contributed by atoms with E-state index in [-0.39, 0.29) is 5.91 Å². The summed E-state index contributed by atoms with van der Waals surface area (Å²) in [4.78, 5) is 13.2. The van der Waals surface area contributed by atoms with E-state index in [4.69, 9.17) is 9.47 Å². The maximum atomic E-state index is 12.1. The van der Waals surface area contributed by atoms with Crippen molar-refractivity contribution in [3.05, 3.63) is 65.2 Å². The zero-order valence-corrected chi connectivity index (χ0v) is 16.3. The molecule has 0 radical (unpaired) electrons. The molecule has 1 N–H and O–H groups in total. The van der Waals surface area contributed by atoms with Gasteiger partial charge in [-0.3, -0.25) is 4.79 Å². The minimum absolute atomic E-state index is 0.0385. The molecule has 0 aromatic heterocycles. The van der Waals surface area contributed by atoms with Gasteiger partial charge in [0.05, 0.1) is 25.6 Å². The second-order valence-electron chi connectivity index (χ2n) is 5.90. The summed E-state index contributed by atoms with van der Waals surface area (Å²) in [6.07, 6.45) is 0. The van der Waals surface area contributed by atoms with Gasteiger partial charge in [-0.15, -0.1) is 11.8 Å². The number of carbonyl (C=O) groups is 1. The Hall–Kier alpha value is -1.82. The number of ether oxygens (including phenoxy) is 2. The molecule has 0 saturated heterocycles. The fraction of sp³-hybridized carbons (Fsp3) is 0.381. The molecule has 140 valence electrons. The van der Waals surface area contributed by atoms with E-state index in [1.54, 1.807) is 11.8 Å². The number of thioether (sulfide) groups is 1. The standard InChI is InChI=1S/C21H27NO3S/c1-3-24-11-12-25-15-19-9-6-8-18(13-19)14-22-21(23)16-26-20-10-5-4-7-17(20)2/h4-10,13H,3,11-12,14-16H2,1-2H3,(H,22,23). The first-order valence-electron chi connectivity index (χ1n) is 8.87. The van der Waals surface area contributed by atoms with Gasteiger partial charge in [-0.25, -0.2) is 0 Å². The van der Waals surface area contributed by atoms with Crippen molar-refractivity contribution in [2.75, 3.05) is 25.6 Å². The van der Waals surface area contributed by atoms with Crippen LogP contribution in [-0.2, 0) is 27.4 Å². The van der Waals surface area contributed by atoms with E-state index >= 15 is 0 Å². The predicted molar refractivity (Wildman–Crippen MR) is 106 cm³/mol. The summed E-state index contributed by atoms with van der Waals surface area (Å²) in [5.74, 6) is 0.460. The molecule has 0 bridgehead atoms. The van der Waals surface area contributed by atoms with E-state index in [1.165, 1.54) is 5.56 Å². The summed E-state index contributed by atoms with van der Waals surface area (Å²) < 4.78 is 10.8. The average Bonchev–Trinajstić information content (AvgIpc) is 2.66. The molecule has 0 atom stereocenters. The van der Waals surface area contributed by atoms with Crippen LogP contribution in [-0.4, -0.2) is 31.5 Å². The van der Waals surface area contributed by atoms with Crippen LogP contribution >= 0.6 is 11.8 Å². The van der Waals surface area contributed by atoms with Crippen molar-refractivity contribution in [2.45, 2.75) is 31.9 Å². The molecule has 4 nitrogen and oxygen atoms in total. The summed E-state index contributed by atoms with van der Waals surface area (Å²) in [5, 5.41) is 2.98. The lowest BCUT2D eigenvalue weighted by Crippen LogP contribution is -2.24. The highest BCUT2D eigenvalue weighted by Crippen LogP contribution is 2.21. The molecule has 0 heterocycles. The van der Waals surface area contributed by atoms with Crippen LogP contribution in [0.5, 0.6) is 0 Å². The Kier molecular flexibility index (Phi) is 9.24. The molecule has 0 saturated carbocycles. The van der Waals surface area contributed by atoms with Gasteiger partial charge in [-0.1, -0.05) is 42.5 Å². The summed E-state index contributed by atoms with van der Waals surface area (Å²) >= 11 is 1.57. The molecule has 1 amide bonds. The number of hydrogen-bond acceptors (Lipinski definition) is 4. The smallest absolute Gasteiger partial charge is 0.230 e. The second-order valence-corrected chi connectivity index (χ2v) is 6.92. The number of aryl methyl sites for hydroxylation is 1. The largest absolute Gasteiger partial charge is 0.379 e. The fourth-order valence-electron chi connectivity index (χ4n) is 2.39. The predicted octanol–water partition coefficient (Wildman–Crippen LogP) is 3.96. The first-order chi connectivity index (χ1) is 12.7. The van der Waals surface area contributed by atoms with E-state index < -0.39 is 0 Å².